The van der Waals surface area contributed by atoms with Crippen LogP contribution in [0.1, 0.15) is 42.5 Å². The van der Waals surface area contributed by atoms with Crippen molar-refractivity contribution in [3.8, 4) is 0 Å². The number of aromatic nitrogens is 2. The number of fused-ring (bicyclic) bond motifs is 1. The van der Waals surface area contributed by atoms with Crippen molar-refractivity contribution in [2.24, 2.45) is 0 Å². The SMILES string of the molecule is O=C(CCCSc1nc2c(c(=O)[nH]1)CCCC2)Cc1ccccc1. The third-order valence-electron chi connectivity index (χ3n) is 4.25. The van der Waals surface area contributed by atoms with Crippen LogP contribution in [0.2, 0.25) is 0 Å². The number of carbonyl (C=O) groups is 1. The summed E-state index contributed by atoms with van der Waals surface area (Å²) in [7, 11) is 0. The molecule has 0 aliphatic heterocycles. The molecule has 0 atom stereocenters. The van der Waals surface area contributed by atoms with E-state index < -0.39 is 0 Å². The Morgan fingerprint density at radius 1 is 1.17 bits per heavy atom. The second-order valence-corrected chi connectivity index (χ2v) is 7.24. The number of aromatic amines is 1. The van der Waals surface area contributed by atoms with Crippen molar-refractivity contribution >= 4 is 17.5 Å². The summed E-state index contributed by atoms with van der Waals surface area (Å²) in [5, 5.41) is 0.691. The molecule has 4 nitrogen and oxygen atoms in total. The molecule has 0 fully saturated rings. The molecule has 5 heteroatoms. The standard InChI is InChI=1S/C19H22N2O2S/c22-15(13-14-7-2-1-3-8-14)9-6-12-24-19-20-17-11-5-4-10-16(17)18(23)21-19/h1-3,7-8H,4-6,9-13H2,(H,20,21,23). The second-order valence-electron chi connectivity index (χ2n) is 6.16. The van der Waals surface area contributed by atoms with Gasteiger partial charge in [-0.15, -0.1) is 0 Å². The van der Waals surface area contributed by atoms with Gasteiger partial charge in [0.2, 0.25) is 0 Å². The second kappa shape index (κ2) is 8.29. The minimum absolute atomic E-state index is 0.0161. The average molecular weight is 342 g/mol. The fourth-order valence-corrected chi connectivity index (χ4v) is 3.82. The monoisotopic (exact) mass is 342 g/mol. The number of hydrogen-bond donors (Lipinski definition) is 1. The summed E-state index contributed by atoms with van der Waals surface area (Å²) < 4.78 is 0. The fourth-order valence-electron chi connectivity index (χ4n) is 3.00. The van der Waals surface area contributed by atoms with E-state index in [1.807, 2.05) is 30.3 Å². The summed E-state index contributed by atoms with van der Waals surface area (Å²) in [5.74, 6) is 1.05. The first-order valence-corrected chi connectivity index (χ1v) is 9.51. The van der Waals surface area contributed by atoms with E-state index in [1.165, 1.54) is 11.8 Å². The summed E-state index contributed by atoms with van der Waals surface area (Å²) in [4.78, 5) is 31.5. The maximum atomic E-state index is 12.1. The predicted octanol–water partition coefficient (Wildman–Crippen LogP) is 3.33. The lowest BCUT2D eigenvalue weighted by Gasteiger charge is -2.14. The van der Waals surface area contributed by atoms with Crippen LogP contribution < -0.4 is 5.56 Å². The Kier molecular flexibility index (Phi) is 5.86. The summed E-state index contributed by atoms with van der Waals surface area (Å²) in [6.07, 6.45) is 5.81. The number of hydrogen-bond acceptors (Lipinski definition) is 4. The van der Waals surface area contributed by atoms with Gasteiger partial charge in [-0.1, -0.05) is 42.1 Å². The van der Waals surface area contributed by atoms with Crippen LogP contribution in [-0.4, -0.2) is 21.5 Å². The molecule has 1 aliphatic carbocycles. The summed E-state index contributed by atoms with van der Waals surface area (Å²) in [5.41, 5.74) is 2.91. The molecule has 0 spiro atoms. The number of aryl methyl sites for hydroxylation is 1. The molecule has 3 rings (SSSR count). The number of nitrogens with one attached hydrogen (secondary N) is 1. The quantitative estimate of drug-likeness (QED) is 0.476. The Morgan fingerprint density at radius 2 is 1.96 bits per heavy atom. The highest BCUT2D eigenvalue weighted by atomic mass is 32.2. The zero-order valence-corrected chi connectivity index (χ0v) is 14.5. The Hall–Kier alpha value is -1.88. The first kappa shape index (κ1) is 17.0. The molecule has 2 aromatic rings. The number of carbonyl (C=O) groups excluding carboxylic acids is 1. The number of ketones is 1. The third kappa shape index (κ3) is 4.57. The molecule has 0 bridgehead atoms. The van der Waals surface area contributed by atoms with Gasteiger partial charge in [0.25, 0.3) is 5.56 Å². The number of benzene rings is 1. The van der Waals surface area contributed by atoms with Gasteiger partial charge in [-0.25, -0.2) is 4.98 Å². The Labute approximate surface area is 146 Å². The largest absolute Gasteiger partial charge is 0.301 e. The molecule has 1 N–H and O–H groups in total. The van der Waals surface area contributed by atoms with Gasteiger partial charge in [-0.2, -0.15) is 0 Å². The van der Waals surface area contributed by atoms with Gasteiger partial charge >= 0.3 is 0 Å². The molecule has 1 aromatic carbocycles. The normalized spacial score (nSPS) is 13.5. The van der Waals surface area contributed by atoms with E-state index >= 15 is 0 Å². The van der Waals surface area contributed by atoms with Crippen molar-refractivity contribution in [1.82, 2.24) is 9.97 Å². The van der Waals surface area contributed by atoms with Gasteiger partial charge < -0.3 is 4.98 Å². The first-order valence-electron chi connectivity index (χ1n) is 8.53. The van der Waals surface area contributed by atoms with E-state index in [1.54, 1.807) is 0 Å². The van der Waals surface area contributed by atoms with E-state index in [9.17, 15) is 9.59 Å². The van der Waals surface area contributed by atoms with Crippen LogP contribution in [0.3, 0.4) is 0 Å². The maximum absolute atomic E-state index is 12.1. The maximum Gasteiger partial charge on any atom is 0.254 e. The highest BCUT2D eigenvalue weighted by Crippen LogP contribution is 2.20. The van der Waals surface area contributed by atoms with E-state index in [-0.39, 0.29) is 11.3 Å². The lowest BCUT2D eigenvalue weighted by Crippen LogP contribution is -2.21. The van der Waals surface area contributed by atoms with Crippen molar-refractivity contribution in [1.29, 1.82) is 0 Å². The van der Waals surface area contributed by atoms with Crippen LogP contribution in [0.25, 0.3) is 0 Å². The van der Waals surface area contributed by atoms with Crippen LogP contribution in [0.5, 0.6) is 0 Å². The molecular weight excluding hydrogens is 320 g/mol. The molecule has 0 saturated heterocycles. The molecule has 1 aliphatic rings. The Bertz CT molecular complexity index is 756. The van der Waals surface area contributed by atoms with Gasteiger partial charge in [0.15, 0.2) is 5.16 Å². The minimum Gasteiger partial charge on any atom is -0.301 e. The van der Waals surface area contributed by atoms with Gasteiger partial charge in [0, 0.05) is 24.2 Å². The van der Waals surface area contributed by atoms with Crippen LogP contribution in [0.4, 0.5) is 0 Å². The Morgan fingerprint density at radius 3 is 2.79 bits per heavy atom. The van der Waals surface area contributed by atoms with Gasteiger partial charge in [0.1, 0.15) is 5.78 Å². The van der Waals surface area contributed by atoms with E-state index in [2.05, 4.69) is 9.97 Å². The minimum atomic E-state index is 0.0161. The van der Waals surface area contributed by atoms with Crippen LogP contribution in [-0.2, 0) is 24.1 Å². The molecule has 126 valence electrons. The summed E-state index contributed by atoms with van der Waals surface area (Å²) in [6, 6.07) is 9.83. The predicted molar refractivity (Wildman–Crippen MR) is 96.6 cm³/mol. The van der Waals surface area contributed by atoms with Crippen LogP contribution >= 0.6 is 11.8 Å². The van der Waals surface area contributed by atoms with Crippen molar-refractivity contribution in [2.75, 3.05) is 5.75 Å². The number of Topliss-reactive ketones (excluding diaryl/α,β-unsaturated/α-hetero) is 1. The molecule has 0 radical (unpaired) electrons. The van der Waals surface area contributed by atoms with Crippen molar-refractivity contribution < 1.29 is 4.79 Å². The topological polar surface area (TPSA) is 62.8 Å². The van der Waals surface area contributed by atoms with Crippen molar-refractivity contribution in [2.45, 2.75) is 50.1 Å². The highest BCUT2D eigenvalue weighted by Gasteiger charge is 2.15. The number of nitrogens with zero attached hydrogens (tertiary/aromatic N) is 1. The number of H-pyrrole nitrogens is 1. The average Bonchev–Trinajstić information content (AvgIpc) is 2.60. The third-order valence-corrected chi connectivity index (χ3v) is 5.21. The first-order chi connectivity index (χ1) is 11.7. The summed E-state index contributed by atoms with van der Waals surface area (Å²) >= 11 is 1.54. The molecule has 24 heavy (non-hydrogen) atoms. The zero-order chi connectivity index (χ0) is 16.8. The zero-order valence-electron chi connectivity index (χ0n) is 13.7. The van der Waals surface area contributed by atoms with E-state index in [0.29, 0.717) is 18.0 Å². The van der Waals surface area contributed by atoms with E-state index in [0.717, 1.165) is 54.7 Å². The smallest absolute Gasteiger partial charge is 0.254 e. The highest BCUT2D eigenvalue weighted by molar-refractivity contribution is 7.99. The lowest BCUT2D eigenvalue weighted by molar-refractivity contribution is -0.118. The fraction of sp³-hybridized carbons (Fsp3) is 0.421. The van der Waals surface area contributed by atoms with E-state index in [4.69, 9.17) is 0 Å². The molecule has 0 amide bonds. The summed E-state index contributed by atoms with van der Waals surface area (Å²) in [6.45, 7) is 0. The molecule has 0 unspecified atom stereocenters. The molecule has 1 aromatic heterocycles. The molecule has 1 heterocycles. The van der Waals surface area contributed by atoms with Gasteiger partial charge in [-0.3, -0.25) is 9.59 Å². The van der Waals surface area contributed by atoms with Gasteiger partial charge in [0.05, 0.1) is 5.69 Å². The number of rotatable bonds is 7. The Balaban J connectivity index is 1.46. The van der Waals surface area contributed by atoms with Crippen molar-refractivity contribution in [3.63, 3.8) is 0 Å². The van der Waals surface area contributed by atoms with Crippen molar-refractivity contribution in [3.05, 3.63) is 57.5 Å². The lowest BCUT2D eigenvalue weighted by atomic mass is 9.97. The van der Waals surface area contributed by atoms with Crippen LogP contribution in [0, 0.1) is 0 Å². The molecular formula is C19H22N2O2S. The van der Waals surface area contributed by atoms with Gasteiger partial charge in [-0.05, 0) is 37.7 Å². The molecule has 0 saturated carbocycles. The van der Waals surface area contributed by atoms with Crippen LogP contribution in [0.15, 0.2) is 40.3 Å². The number of thioether (sulfide) groups is 1.